The van der Waals surface area contributed by atoms with E-state index < -0.39 is 4.92 Å². The molecule has 1 aliphatic heterocycles. The Bertz CT molecular complexity index is 845. The van der Waals surface area contributed by atoms with Gasteiger partial charge in [-0.1, -0.05) is 12.1 Å². The number of ether oxygens (including phenoxy) is 2. The normalized spacial score (nSPS) is 12.4. The molecule has 1 N–H and O–H groups in total. The number of amides is 1. The highest BCUT2D eigenvalue weighted by molar-refractivity contribution is 6.02. The second kappa shape index (κ2) is 6.41. The minimum atomic E-state index is -0.479. The van der Waals surface area contributed by atoms with Crippen molar-refractivity contribution in [3.63, 3.8) is 0 Å². The molecule has 0 saturated carbocycles. The van der Waals surface area contributed by atoms with E-state index in [1.807, 2.05) is 0 Å². The van der Waals surface area contributed by atoms with E-state index >= 15 is 0 Å². The summed E-state index contributed by atoms with van der Waals surface area (Å²) in [5.41, 5.74) is 1.65. The lowest BCUT2D eigenvalue weighted by atomic mass is 10.1. The molecule has 24 heavy (non-hydrogen) atoms. The average molecular weight is 326 g/mol. The zero-order valence-electron chi connectivity index (χ0n) is 12.8. The summed E-state index contributed by atoms with van der Waals surface area (Å²) in [4.78, 5) is 22.4. The molecular weight excluding hydrogens is 312 g/mol. The van der Waals surface area contributed by atoms with Gasteiger partial charge in [0.2, 0.25) is 12.7 Å². The van der Waals surface area contributed by atoms with Gasteiger partial charge in [-0.15, -0.1) is 0 Å². The van der Waals surface area contributed by atoms with Crippen molar-refractivity contribution in [3.05, 3.63) is 63.7 Å². The quantitative estimate of drug-likeness (QED) is 0.529. The first-order valence-corrected chi connectivity index (χ1v) is 7.17. The maximum atomic E-state index is 12.0. The van der Waals surface area contributed by atoms with Gasteiger partial charge in [-0.2, -0.15) is 0 Å². The molecule has 1 amide bonds. The molecule has 0 saturated heterocycles. The van der Waals surface area contributed by atoms with Crippen molar-refractivity contribution in [3.8, 4) is 11.5 Å². The third-order valence-electron chi connectivity index (χ3n) is 3.50. The predicted molar refractivity (Wildman–Crippen MR) is 88.1 cm³/mol. The number of hydrogen-bond donors (Lipinski definition) is 1. The molecule has 2 aromatic rings. The first-order chi connectivity index (χ1) is 11.5. The Morgan fingerprint density at radius 2 is 2.00 bits per heavy atom. The first kappa shape index (κ1) is 15.5. The Hall–Kier alpha value is -3.35. The maximum absolute atomic E-state index is 12.0. The van der Waals surface area contributed by atoms with Crippen molar-refractivity contribution in [2.45, 2.75) is 6.92 Å². The Labute approximate surface area is 137 Å². The van der Waals surface area contributed by atoms with Gasteiger partial charge in [0.1, 0.15) is 0 Å². The Morgan fingerprint density at radius 1 is 1.21 bits per heavy atom. The van der Waals surface area contributed by atoms with Crippen molar-refractivity contribution < 1.29 is 19.2 Å². The Kier molecular flexibility index (Phi) is 4.15. The number of hydrogen-bond acceptors (Lipinski definition) is 5. The van der Waals surface area contributed by atoms with E-state index in [1.165, 1.54) is 12.1 Å². The van der Waals surface area contributed by atoms with Crippen LogP contribution in [0.1, 0.15) is 11.1 Å². The summed E-state index contributed by atoms with van der Waals surface area (Å²) >= 11 is 0. The van der Waals surface area contributed by atoms with Crippen LogP contribution in [0.25, 0.3) is 6.08 Å². The van der Waals surface area contributed by atoms with Gasteiger partial charge in [-0.25, -0.2) is 0 Å². The summed E-state index contributed by atoms with van der Waals surface area (Å²) in [5, 5.41) is 13.5. The monoisotopic (exact) mass is 326 g/mol. The Balaban J connectivity index is 1.69. The van der Waals surface area contributed by atoms with E-state index in [-0.39, 0.29) is 18.4 Å². The number of carbonyl (C=O) groups excluding carboxylic acids is 1. The van der Waals surface area contributed by atoms with E-state index in [9.17, 15) is 14.9 Å². The lowest BCUT2D eigenvalue weighted by Gasteiger charge is -2.04. The molecule has 7 heteroatoms. The van der Waals surface area contributed by atoms with Gasteiger partial charge in [0.25, 0.3) is 5.69 Å². The van der Waals surface area contributed by atoms with Crippen LogP contribution in [-0.4, -0.2) is 17.6 Å². The minimum Gasteiger partial charge on any atom is -0.454 e. The zero-order valence-corrected chi connectivity index (χ0v) is 12.8. The average Bonchev–Trinajstić information content (AvgIpc) is 3.02. The number of nitro benzene ring substituents is 1. The third kappa shape index (κ3) is 3.35. The highest BCUT2D eigenvalue weighted by Crippen LogP contribution is 2.32. The molecule has 0 unspecified atom stereocenters. The second-order valence-corrected chi connectivity index (χ2v) is 5.19. The topological polar surface area (TPSA) is 90.7 Å². The van der Waals surface area contributed by atoms with E-state index in [4.69, 9.17) is 9.47 Å². The van der Waals surface area contributed by atoms with Gasteiger partial charge in [0, 0.05) is 23.4 Å². The lowest BCUT2D eigenvalue weighted by molar-refractivity contribution is -0.385. The lowest BCUT2D eigenvalue weighted by Crippen LogP contribution is -2.08. The molecule has 122 valence electrons. The molecule has 3 rings (SSSR count). The summed E-state index contributed by atoms with van der Waals surface area (Å²) in [6, 6.07) is 9.88. The summed E-state index contributed by atoms with van der Waals surface area (Å²) in [7, 11) is 0. The summed E-state index contributed by atoms with van der Waals surface area (Å²) < 4.78 is 10.5. The number of rotatable bonds is 4. The molecule has 1 heterocycles. The maximum Gasteiger partial charge on any atom is 0.274 e. The molecule has 0 radical (unpaired) electrons. The van der Waals surface area contributed by atoms with Gasteiger partial charge in [0.15, 0.2) is 11.5 Å². The Morgan fingerprint density at radius 3 is 2.79 bits per heavy atom. The highest BCUT2D eigenvalue weighted by Gasteiger charge is 2.13. The van der Waals surface area contributed by atoms with E-state index in [1.54, 1.807) is 43.3 Å². The fourth-order valence-electron chi connectivity index (χ4n) is 2.26. The summed E-state index contributed by atoms with van der Waals surface area (Å²) in [6.45, 7) is 1.83. The van der Waals surface area contributed by atoms with Crippen molar-refractivity contribution in [2.24, 2.45) is 0 Å². The van der Waals surface area contributed by atoms with Crippen molar-refractivity contribution >= 4 is 23.4 Å². The van der Waals surface area contributed by atoms with E-state index in [0.29, 0.717) is 22.7 Å². The molecule has 0 aliphatic carbocycles. The minimum absolute atomic E-state index is 0.0347. The SMILES string of the molecule is Cc1ccc(NC(=O)C=Cc2ccc3c(c2)OCO3)cc1[N+](=O)[O-]. The van der Waals surface area contributed by atoms with Crippen LogP contribution in [0.2, 0.25) is 0 Å². The molecule has 1 aliphatic rings. The van der Waals surface area contributed by atoms with Gasteiger partial charge in [0.05, 0.1) is 4.92 Å². The van der Waals surface area contributed by atoms with Crippen LogP contribution in [0.3, 0.4) is 0 Å². The summed E-state index contributed by atoms with van der Waals surface area (Å²) in [5.74, 6) is 0.918. The third-order valence-corrected chi connectivity index (χ3v) is 3.50. The predicted octanol–water partition coefficient (Wildman–Crippen LogP) is 3.28. The van der Waals surface area contributed by atoms with Gasteiger partial charge in [-0.05, 0) is 36.8 Å². The standard InChI is InChI=1S/C17H14N2O5/c1-11-2-5-13(9-14(11)19(21)22)18-17(20)7-4-12-3-6-15-16(8-12)24-10-23-15/h2-9H,10H2,1H3,(H,18,20). The van der Waals surface area contributed by atoms with Crippen LogP contribution in [0, 0.1) is 17.0 Å². The number of fused-ring (bicyclic) bond motifs is 1. The number of nitro groups is 1. The van der Waals surface area contributed by atoms with Crippen LogP contribution in [-0.2, 0) is 4.79 Å². The fraction of sp³-hybridized carbons (Fsp3) is 0.118. The zero-order chi connectivity index (χ0) is 17.1. The van der Waals surface area contributed by atoms with Crippen molar-refractivity contribution in [1.82, 2.24) is 0 Å². The number of carbonyl (C=O) groups is 1. The number of benzene rings is 2. The largest absolute Gasteiger partial charge is 0.454 e. The second-order valence-electron chi connectivity index (χ2n) is 5.19. The fourth-order valence-corrected chi connectivity index (χ4v) is 2.26. The van der Waals surface area contributed by atoms with Gasteiger partial charge >= 0.3 is 0 Å². The molecule has 0 bridgehead atoms. The number of nitrogens with zero attached hydrogens (tertiary/aromatic N) is 1. The molecule has 0 atom stereocenters. The highest BCUT2D eigenvalue weighted by atomic mass is 16.7. The number of anilines is 1. The van der Waals surface area contributed by atoms with Crippen LogP contribution in [0.4, 0.5) is 11.4 Å². The van der Waals surface area contributed by atoms with Crippen LogP contribution in [0.15, 0.2) is 42.5 Å². The molecule has 0 aromatic heterocycles. The molecule has 7 nitrogen and oxygen atoms in total. The van der Waals surface area contributed by atoms with Gasteiger partial charge in [-0.3, -0.25) is 14.9 Å². The van der Waals surface area contributed by atoms with Crippen LogP contribution >= 0.6 is 0 Å². The van der Waals surface area contributed by atoms with Crippen molar-refractivity contribution in [2.75, 3.05) is 12.1 Å². The van der Waals surface area contributed by atoms with Gasteiger partial charge < -0.3 is 14.8 Å². The number of aryl methyl sites for hydroxylation is 1. The van der Waals surface area contributed by atoms with E-state index in [0.717, 1.165) is 5.56 Å². The molecule has 0 spiro atoms. The smallest absolute Gasteiger partial charge is 0.274 e. The first-order valence-electron chi connectivity index (χ1n) is 7.17. The molecule has 0 fully saturated rings. The number of nitrogens with one attached hydrogen (secondary N) is 1. The van der Waals surface area contributed by atoms with E-state index in [2.05, 4.69) is 5.32 Å². The molecule has 2 aromatic carbocycles. The van der Waals surface area contributed by atoms with Crippen LogP contribution in [0.5, 0.6) is 11.5 Å². The summed E-state index contributed by atoms with van der Waals surface area (Å²) in [6.07, 6.45) is 2.98. The van der Waals surface area contributed by atoms with Crippen LogP contribution < -0.4 is 14.8 Å². The molecular formula is C17H14N2O5. The van der Waals surface area contributed by atoms with Crippen molar-refractivity contribution in [1.29, 1.82) is 0 Å².